The minimum absolute atomic E-state index is 0.0333. The van der Waals surface area contributed by atoms with Crippen molar-refractivity contribution in [2.45, 2.75) is 43.6 Å². The molecule has 5 rings (SSSR count). The van der Waals surface area contributed by atoms with Gasteiger partial charge < -0.3 is 15.4 Å². The van der Waals surface area contributed by atoms with Crippen LogP contribution in [0.15, 0.2) is 42.5 Å². The maximum atomic E-state index is 13.1. The van der Waals surface area contributed by atoms with Crippen molar-refractivity contribution in [1.29, 1.82) is 0 Å². The van der Waals surface area contributed by atoms with E-state index in [0.717, 1.165) is 36.2 Å². The molecular formula is C23H24N2O3. The van der Waals surface area contributed by atoms with E-state index in [1.807, 2.05) is 24.3 Å². The summed E-state index contributed by atoms with van der Waals surface area (Å²) in [6.45, 7) is 3.09. The Morgan fingerprint density at radius 2 is 1.82 bits per heavy atom. The smallest absolute Gasteiger partial charge is 0.338 e. The fourth-order valence-corrected chi connectivity index (χ4v) is 4.36. The van der Waals surface area contributed by atoms with Crippen LogP contribution >= 0.6 is 0 Å². The number of rotatable bonds is 5. The van der Waals surface area contributed by atoms with Crippen LogP contribution in [-0.2, 0) is 15.7 Å². The molecule has 0 aromatic heterocycles. The molecule has 0 radical (unpaired) electrons. The number of hydrogen-bond acceptors (Lipinski definition) is 4. The molecule has 1 aliphatic heterocycles. The van der Waals surface area contributed by atoms with Crippen LogP contribution in [0.3, 0.4) is 0 Å². The highest BCUT2D eigenvalue weighted by atomic mass is 16.5. The van der Waals surface area contributed by atoms with E-state index >= 15 is 0 Å². The number of carbonyl (C=O) groups is 2. The molecule has 5 nitrogen and oxygen atoms in total. The highest BCUT2D eigenvalue weighted by Crippen LogP contribution is 2.55. The Labute approximate surface area is 164 Å². The molecule has 5 heteroatoms. The molecule has 0 saturated heterocycles. The second-order valence-electron chi connectivity index (χ2n) is 8.20. The average molecular weight is 376 g/mol. The van der Waals surface area contributed by atoms with Gasteiger partial charge in [0.2, 0.25) is 0 Å². The topological polar surface area (TPSA) is 67.4 Å². The van der Waals surface area contributed by atoms with E-state index in [9.17, 15) is 9.59 Å². The molecule has 2 aromatic rings. The number of esters is 1. The first kappa shape index (κ1) is 17.3. The quantitative estimate of drug-likeness (QED) is 0.780. The SMILES string of the molecule is CCOC(=O)c1ccc(C2(NC(=O)c3cccc4c3NCC43CC3)CC2)cc1. The molecule has 2 aliphatic carbocycles. The molecule has 2 N–H and O–H groups in total. The highest BCUT2D eigenvalue weighted by molar-refractivity contribution is 6.02. The zero-order chi connectivity index (χ0) is 19.4. The monoisotopic (exact) mass is 376 g/mol. The first-order valence-electron chi connectivity index (χ1n) is 10.0. The Kier molecular flexibility index (Phi) is 3.76. The number of ether oxygens (including phenoxy) is 1. The minimum atomic E-state index is -0.330. The van der Waals surface area contributed by atoms with E-state index in [0.29, 0.717) is 12.2 Å². The summed E-state index contributed by atoms with van der Waals surface area (Å²) in [4.78, 5) is 25.0. The average Bonchev–Trinajstić information content (AvgIpc) is 3.61. The summed E-state index contributed by atoms with van der Waals surface area (Å²) >= 11 is 0. The van der Waals surface area contributed by atoms with Crippen LogP contribution in [0.5, 0.6) is 0 Å². The van der Waals surface area contributed by atoms with Crippen LogP contribution in [-0.4, -0.2) is 25.0 Å². The lowest BCUT2D eigenvalue weighted by molar-refractivity contribution is 0.0526. The zero-order valence-electron chi connectivity index (χ0n) is 16.0. The van der Waals surface area contributed by atoms with Gasteiger partial charge in [-0.15, -0.1) is 0 Å². The van der Waals surface area contributed by atoms with E-state index in [2.05, 4.69) is 16.7 Å². The van der Waals surface area contributed by atoms with Gasteiger partial charge in [0.15, 0.2) is 0 Å². The number of hydrogen-bond donors (Lipinski definition) is 2. The number of para-hydroxylation sites is 1. The Morgan fingerprint density at radius 1 is 1.07 bits per heavy atom. The van der Waals surface area contributed by atoms with Gasteiger partial charge in [0.05, 0.1) is 29.0 Å². The van der Waals surface area contributed by atoms with E-state index < -0.39 is 0 Å². The maximum Gasteiger partial charge on any atom is 0.338 e. The van der Waals surface area contributed by atoms with Gasteiger partial charge in [0.1, 0.15) is 0 Å². The molecule has 0 bridgehead atoms. The van der Waals surface area contributed by atoms with Crippen molar-refractivity contribution >= 4 is 17.6 Å². The lowest BCUT2D eigenvalue weighted by atomic mass is 9.96. The van der Waals surface area contributed by atoms with Crippen LogP contribution < -0.4 is 10.6 Å². The molecule has 0 atom stereocenters. The highest BCUT2D eigenvalue weighted by Gasteiger charge is 2.50. The van der Waals surface area contributed by atoms with Crippen molar-refractivity contribution in [2.75, 3.05) is 18.5 Å². The summed E-state index contributed by atoms with van der Waals surface area (Å²) in [5.74, 6) is -0.350. The van der Waals surface area contributed by atoms with Crippen LogP contribution in [0.1, 0.15) is 64.4 Å². The Hall–Kier alpha value is -2.82. The normalized spacial score (nSPS) is 19.5. The number of fused-ring (bicyclic) bond motifs is 2. The summed E-state index contributed by atoms with van der Waals surface area (Å²) in [6.07, 6.45) is 4.22. The fourth-order valence-electron chi connectivity index (χ4n) is 4.36. The summed E-state index contributed by atoms with van der Waals surface area (Å²) in [6, 6.07) is 13.5. The molecule has 3 aliphatic rings. The molecule has 2 fully saturated rings. The summed E-state index contributed by atoms with van der Waals surface area (Å²) in [7, 11) is 0. The van der Waals surface area contributed by atoms with Crippen molar-refractivity contribution in [1.82, 2.24) is 5.32 Å². The van der Waals surface area contributed by atoms with Crippen molar-refractivity contribution in [2.24, 2.45) is 0 Å². The van der Waals surface area contributed by atoms with Crippen molar-refractivity contribution in [3.8, 4) is 0 Å². The number of benzene rings is 2. The van der Waals surface area contributed by atoms with Gasteiger partial charge >= 0.3 is 5.97 Å². The van der Waals surface area contributed by atoms with Crippen molar-refractivity contribution < 1.29 is 14.3 Å². The number of carbonyl (C=O) groups excluding carboxylic acids is 2. The molecule has 2 saturated carbocycles. The van der Waals surface area contributed by atoms with E-state index in [-0.39, 0.29) is 22.8 Å². The molecule has 1 heterocycles. The summed E-state index contributed by atoms with van der Waals surface area (Å²) in [5, 5.41) is 6.72. The minimum Gasteiger partial charge on any atom is -0.462 e. The predicted molar refractivity (Wildman–Crippen MR) is 107 cm³/mol. The van der Waals surface area contributed by atoms with Gasteiger partial charge in [-0.3, -0.25) is 4.79 Å². The molecule has 28 heavy (non-hydrogen) atoms. The largest absolute Gasteiger partial charge is 0.462 e. The van der Waals surface area contributed by atoms with Crippen LogP contribution in [0.25, 0.3) is 0 Å². The van der Waals surface area contributed by atoms with Gasteiger partial charge in [-0.1, -0.05) is 24.3 Å². The Bertz CT molecular complexity index is 956. The molecular weight excluding hydrogens is 352 g/mol. The lowest BCUT2D eigenvalue weighted by Crippen LogP contribution is -2.35. The standard InChI is InChI=1S/C23H24N2O3/c1-2-28-21(27)15-6-8-16(9-7-15)23(12-13-23)25-20(26)17-4-3-5-18-19(17)24-14-22(18)10-11-22/h3-9,24H,2,10-14H2,1H3,(H,25,26). The molecule has 144 valence electrons. The first-order valence-corrected chi connectivity index (χ1v) is 10.0. The van der Waals surface area contributed by atoms with Gasteiger partial charge in [-0.25, -0.2) is 4.79 Å². The number of amides is 1. The second kappa shape index (κ2) is 6.09. The fraction of sp³-hybridized carbons (Fsp3) is 0.391. The van der Waals surface area contributed by atoms with Crippen molar-refractivity contribution in [3.63, 3.8) is 0 Å². The maximum absolute atomic E-state index is 13.1. The first-order chi connectivity index (χ1) is 13.6. The molecule has 0 unspecified atom stereocenters. The van der Waals surface area contributed by atoms with Gasteiger partial charge in [0.25, 0.3) is 5.91 Å². The Morgan fingerprint density at radius 3 is 2.46 bits per heavy atom. The zero-order valence-corrected chi connectivity index (χ0v) is 16.0. The van der Waals surface area contributed by atoms with E-state index in [1.54, 1.807) is 19.1 Å². The van der Waals surface area contributed by atoms with Gasteiger partial charge in [-0.05, 0) is 61.9 Å². The summed E-state index contributed by atoms with van der Waals surface area (Å²) < 4.78 is 5.04. The second-order valence-corrected chi connectivity index (χ2v) is 8.20. The summed E-state index contributed by atoms with van der Waals surface area (Å²) in [5.41, 5.74) is 4.54. The van der Waals surface area contributed by atoms with Gasteiger partial charge in [0, 0.05) is 12.0 Å². The third-order valence-electron chi connectivity index (χ3n) is 6.39. The van der Waals surface area contributed by atoms with Gasteiger partial charge in [-0.2, -0.15) is 0 Å². The van der Waals surface area contributed by atoms with Crippen molar-refractivity contribution in [3.05, 3.63) is 64.7 Å². The van der Waals surface area contributed by atoms with E-state index in [1.165, 1.54) is 18.4 Å². The third-order valence-corrected chi connectivity index (χ3v) is 6.39. The lowest BCUT2D eigenvalue weighted by Gasteiger charge is -2.19. The number of nitrogens with one attached hydrogen (secondary N) is 2. The van der Waals surface area contributed by atoms with E-state index in [4.69, 9.17) is 4.74 Å². The molecule has 2 aromatic carbocycles. The molecule has 1 spiro atoms. The number of anilines is 1. The molecule has 1 amide bonds. The van der Waals surface area contributed by atoms with Crippen LogP contribution in [0, 0.1) is 0 Å². The van der Waals surface area contributed by atoms with Crippen LogP contribution in [0.4, 0.5) is 5.69 Å². The van der Waals surface area contributed by atoms with Crippen LogP contribution in [0.2, 0.25) is 0 Å². The Balaban J connectivity index is 1.36. The predicted octanol–water partition coefficient (Wildman–Crippen LogP) is 3.74. The third kappa shape index (κ3) is 2.68.